The molecule has 10 aromatic carbocycles. The van der Waals surface area contributed by atoms with Gasteiger partial charge in [0, 0.05) is 50.4 Å². The first kappa shape index (κ1) is 55.3. The summed E-state index contributed by atoms with van der Waals surface area (Å²) in [6.45, 7) is 22.4. The number of aromatic nitrogens is 5. The van der Waals surface area contributed by atoms with Crippen LogP contribution in [-0.2, 0) is 21.1 Å². The van der Waals surface area contributed by atoms with Crippen LogP contribution in [0.1, 0.15) is 113 Å². The molecule has 85 heavy (non-hydrogen) atoms. The molecule has 4 heterocycles. The van der Waals surface area contributed by atoms with E-state index in [1.54, 1.807) is 0 Å². The number of fused-ring (bicyclic) bond motifs is 9. The number of hydrogen-bond donors (Lipinski definition) is 0. The van der Waals surface area contributed by atoms with Gasteiger partial charge in [-0.05, 0) is 147 Å². The van der Waals surface area contributed by atoms with Crippen molar-refractivity contribution in [1.29, 1.82) is 0 Å². The predicted molar refractivity (Wildman–Crippen MR) is 348 cm³/mol. The average molecular weight is 1290 g/mol. The van der Waals surface area contributed by atoms with Crippen LogP contribution >= 0.6 is 0 Å². The molecule has 0 fully saturated rings. The van der Waals surface area contributed by atoms with Crippen LogP contribution in [0.3, 0.4) is 0 Å². The van der Waals surface area contributed by atoms with Crippen molar-refractivity contribution in [3.63, 3.8) is 0 Å². The van der Waals surface area contributed by atoms with Gasteiger partial charge in [-0.15, -0.1) is 23.8 Å². The summed E-state index contributed by atoms with van der Waals surface area (Å²) in [5.41, 5.74) is 20.6. The monoisotopic (exact) mass is 1290 g/mol. The number of para-hydroxylation sites is 4. The average Bonchev–Trinajstić information content (AvgIpc) is 1.75. The molecule has 0 saturated heterocycles. The molecule has 0 aliphatic carbocycles. The second kappa shape index (κ2) is 21.9. The van der Waals surface area contributed by atoms with Gasteiger partial charge in [-0.1, -0.05) is 194 Å². The van der Waals surface area contributed by atoms with Gasteiger partial charge < -0.3 is 18.3 Å². The molecular formula is C77H65N5O2Pt. The van der Waals surface area contributed by atoms with Crippen LogP contribution in [0.5, 0.6) is 11.5 Å². The topological polar surface area (TPSA) is 70.9 Å². The minimum atomic E-state index is 0. The molecule has 0 radical (unpaired) electrons. The fourth-order valence-electron chi connectivity index (χ4n) is 12.8. The van der Waals surface area contributed by atoms with Crippen molar-refractivity contribution in [2.45, 2.75) is 92.9 Å². The van der Waals surface area contributed by atoms with Crippen LogP contribution in [0.15, 0.2) is 192 Å². The van der Waals surface area contributed by atoms with E-state index in [0.717, 1.165) is 94.1 Å². The Kier molecular flexibility index (Phi) is 14.3. The molecule has 7 nitrogen and oxygen atoms in total. The molecule has 0 atom stereocenters. The Morgan fingerprint density at radius 1 is 0.424 bits per heavy atom. The zero-order valence-corrected chi connectivity index (χ0v) is 51.8. The first-order valence-electron chi connectivity index (χ1n) is 29.5. The van der Waals surface area contributed by atoms with E-state index in [2.05, 4.69) is 266 Å². The Morgan fingerprint density at radius 3 is 1.49 bits per heavy atom. The van der Waals surface area contributed by atoms with E-state index in [0.29, 0.717) is 28.5 Å². The van der Waals surface area contributed by atoms with Gasteiger partial charge in [0.25, 0.3) is 0 Å². The second-order valence-electron chi connectivity index (χ2n) is 23.8. The maximum Gasteiger partial charge on any atom is 2.00 e. The molecule has 0 amide bonds. The number of furan rings is 1. The molecule has 14 aromatic rings. The van der Waals surface area contributed by atoms with Gasteiger partial charge in [0.1, 0.15) is 5.58 Å². The molecule has 0 N–H and O–H groups in total. The maximum atomic E-state index is 7.43. The number of benzene rings is 10. The molecule has 0 bridgehead atoms. The van der Waals surface area contributed by atoms with Gasteiger partial charge in [0.2, 0.25) is 0 Å². The van der Waals surface area contributed by atoms with E-state index in [1.807, 2.05) is 12.1 Å². The number of pyridine rings is 1. The first-order valence-corrected chi connectivity index (χ1v) is 29.5. The van der Waals surface area contributed by atoms with Crippen molar-refractivity contribution in [2.75, 3.05) is 0 Å². The van der Waals surface area contributed by atoms with Crippen LogP contribution in [0, 0.1) is 26.0 Å². The van der Waals surface area contributed by atoms with E-state index in [1.165, 1.54) is 44.5 Å². The minimum Gasteiger partial charge on any atom is -0.500 e. The second-order valence-corrected chi connectivity index (χ2v) is 23.8. The molecule has 0 saturated carbocycles. The third-order valence-corrected chi connectivity index (χ3v) is 16.8. The molecule has 0 aliphatic heterocycles. The van der Waals surface area contributed by atoms with Crippen LogP contribution in [0.2, 0.25) is 0 Å². The zero-order valence-electron chi connectivity index (χ0n) is 49.6. The summed E-state index contributed by atoms with van der Waals surface area (Å²) in [5, 5.41) is 6.13. The van der Waals surface area contributed by atoms with Gasteiger partial charge in [-0.25, -0.2) is 0 Å². The minimum absolute atomic E-state index is 0. The van der Waals surface area contributed by atoms with E-state index < -0.39 is 0 Å². The van der Waals surface area contributed by atoms with E-state index in [4.69, 9.17) is 24.1 Å². The molecule has 4 aromatic heterocycles. The summed E-state index contributed by atoms with van der Waals surface area (Å²) >= 11 is 0. The zero-order chi connectivity index (χ0) is 57.7. The Bertz CT molecular complexity index is 4850. The van der Waals surface area contributed by atoms with Crippen molar-refractivity contribution in [3.05, 3.63) is 234 Å². The summed E-state index contributed by atoms with van der Waals surface area (Å²) < 4.78 is 19.3. The number of aryl methyl sites for hydroxylation is 2. The maximum absolute atomic E-state index is 7.43. The normalized spacial score (nSPS) is 12.0. The van der Waals surface area contributed by atoms with Crippen molar-refractivity contribution in [2.24, 2.45) is 0 Å². The molecular weight excluding hydrogens is 1220 g/mol. The molecule has 14 rings (SSSR count). The van der Waals surface area contributed by atoms with Crippen LogP contribution in [0.25, 0.3) is 122 Å². The summed E-state index contributed by atoms with van der Waals surface area (Å²) in [5.74, 6) is 3.27. The number of rotatable bonds is 12. The largest absolute Gasteiger partial charge is 2.00 e. The van der Waals surface area contributed by atoms with Gasteiger partial charge in [-0.3, -0.25) is 15.0 Å². The van der Waals surface area contributed by atoms with E-state index in [9.17, 15) is 0 Å². The Morgan fingerprint density at radius 2 is 0.929 bits per heavy atom. The Labute approximate surface area is 511 Å². The summed E-state index contributed by atoms with van der Waals surface area (Å²) in [7, 11) is 0. The van der Waals surface area contributed by atoms with Crippen LogP contribution in [0.4, 0.5) is 0 Å². The van der Waals surface area contributed by atoms with Crippen molar-refractivity contribution < 1.29 is 30.2 Å². The van der Waals surface area contributed by atoms with Gasteiger partial charge in [0.15, 0.2) is 0 Å². The molecule has 0 spiro atoms. The third kappa shape index (κ3) is 9.54. The molecule has 8 heteroatoms. The number of ether oxygens (including phenoxy) is 1. The summed E-state index contributed by atoms with van der Waals surface area (Å²) in [6.07, 6.45) is 0. The fourth-order valence-corrected chi connectivity index (χ4v) is 12.8. The third-order valence-electron chi connectivity index (χ3n) is 16.8. The standard InChI is InChI=1S/C77H65N5O2.Pt/c1-44(2)60-38-55(50-22-13-11-14-23-50)39-61(45(3)4)72(60)81-68-30-19-17-28-66(68)79-76(81)54-26-21-27-57(37-54)83-58-42-64-59-35-34-52-32-33-53-36-48(9)78-49(10)70(53)71(52)75(59)84-74(64)65(43-58)77-80-67-29-18-20-31-69(67)82(77)73-62(46(5)6)40-56(41-63(73)47(7)8)51-24-15-12-16-25-51;/h11-36,38-42,44-47H,1-10H3;/q-2;+2. The van der Waals surface area contributed by atoms with E-state index >= 15 is 0 Å². The van der Waals surface area contributed by atoms with Crippen molar-refractivity contribution >= 4 is 65.6 Å². The smallest absolute Gasteiger partial charge is 0.500 e. The number of hydrogen-bond acceptors (Lipinski definition) is 5. The summed E-state index contributed by atoms with van der Waals surface area (Å²) in [4.78, 5) is 16.0. The SMILES string of the molecule is Cc1cc2ccc3ccc4c5cc(Oc6[c-]c(-c7nc8ccccc8n7-c7c(C(C)C)cc(-c8ccccc8)cc7C(C)C)ccc6)[c-]c(-c6nc7ccccc7n6-c6c(C(C)C)cc(-c7ccccc7)cc6C(C)C)c5oc4c3c2c(C)n1.[Pt+2]. The van der Waals surface area contributed by atoms with Gasteiger partial charge >= 0.3 is 21.1 Å². The Balaban J connectivity index is 0.00000672. The fraction of sp³-hybridized carbons (Fsp3) is 0.182. The molecule has 420 valence electrons. The van der Waals surface area contributed by atoms with Crippen LogP contribution < -0.4 is 4.74 Å². The number of nitrogens with zero attached hydrogens (tertiary/aromatic N) is 5. The van der Waals surface area contributed by atoms with Gasteiger partial charge in [-0.2, -0.15) is 0 Å². The predicted octanol–water partition coefficient (Wildman–Crippen LogP) is 21.1. The van der Waals surface area contributed by atoms with Crippen molar-refractivity contribution in [1.82, 2.24) is 24.1 Å². The van der Waals surface area contributed by atoms with Crippen molar-refractivity contribution in [3.8, 4) is 67.9 Å². The van der Waals surface area contributed by atoms with Crippen LogP contribution in [-0.4, -0.2) is 24.1 Å². The quantitative estimate of drug-likeness (QED) is 0.0900. The summed E-state index contributed by atoms with van der Waals surface area (Å²) in [6, 6.07) is 74.5. The number of imidazole rings is 2. The molecule has 0 unspecified atom stereocenters. The van der Waals surface area contributed by atoms with E-state index in [-0.39, 0.29) is 44.7 Å². The van der Waals surface area contributed by atoms with Gasteiger partial charge in [0.05, 0.1) is 39.3 Å². The first-order chi connectivity index (χ1) is 40.8. The molecule has 0 aliphatic rings. The Hall–Kier alpha value is -8.90.